The van der Waals surface area contributed by atoms with Gasteiger partial charge in [0.25, 0.3) is 0 Å². The summed E-state index contributed by atoms with van der Waals surface area (Å²) in [5, 5.41) is 0. The molecule has 362 valence electrons. The Morgan fingerprint density at radius 1 is 0.297 bits per heavy atom. The minimum atomic E-state index is -0.221. The zero-order valence-corrected chi connectivity index (χ0v) is 43.3. The number of hydrogen-bond acceptors (Lipinski definition) is 0. The van der Waals surface area contributed by atoms with Crippen LogP contribution in [-0.2, 0) is 62.2 Å². The van der Waals surface area contributed by atoms with Crippen molar-refractivity contribution in [1.29, 1.82) is 0 Å². The summed E-state index contributed by atoms with van der Waals surface area (Å²) in [5.41, 5.74) is 29.1. The van der Waals surface area contributed by atoms with Crippen molar-refractivity contribution in [2.24, 2.45) is 0 Å². The van der Waals surface area contributed by atoms with Crippen LogP contribution < -0.4 is 0 Å². The molecule has 0 aliphatic heterocycles. The molecule has 0 radical (unpaired) electrons. The summed E-state index contributed by atoms with van der Waals surface area (Å²) in [4.78, 5) is 0. The van der Waals surface area contributed by atoms with Crippen LogP contribution in [0.3, 0.4) is 0 Å². The maximum Gasteiger partial charge on any atom is 0.0295 e. The van der Waals surface area contributed by atoms with Crippen LogP contribution in [0.25, 0.3) is 46.6 Å². The molecule has 0 atom stereocenters. The summed E-state index contributed by atoms with van der Waals surface area (Å²) in [6.45, 7) is 20.7. The predicted octanol–water partition coefficient (Wildman–Crippen LogP) is 17.9. The minimum Gasteiger partial charge on any atom is -0.0985 e. The second-order valence-electron chi connectivity index (χ2n) is 21.2. The third-order valence-electron chi connectivity index (χ3n) is 16.7. The molecular formula is C74H66. The van der Waals surface area contributed by atoms with E-state index in [0.29, 0.717) is 0 Å². The van der Waals surface area contributed by atoms with E-state index in [2.05, 4.69) is 234 Å². The molecule has 9 aromatic carbocycles. The first-order valence-corrected chi connectivity index (χ1v) is 26.6. The molecule has 9 aromatic rings. The van der Waals surface area contributed by atoms with Gasteiger partial charge in [0.2, 0.25) is 0 Å². The summed E-state index contributed by atoms with van der Waals surface area (Å²) in [6.07, 6.45) is 15.3. The third kappa shape index (κ3) is 9.20. The van der Waals surface area contributed by atoms with E-state index in [1.165, 1.54) is 100 Å². The van der Waals surface area contributed by atoms with Crippen molar-refractivity contribution in [3.8, 4) is 22.3 Å². The van der Waals surface area contributed by atoms with Crippen molar-refractivity contribution in [2.45, 2.75) is 76.0 Å². The summed E-state index contributed by atoms with van der Waals surface area (Å²) >= 11 is 0. The minimum absolute atomic E-state index is 0.221. The van der Waals surface area contributed by atoms with Crippen molar-refractivity contribution in [3.63, 3.8) is 0 Å². The van der Waals surface area contributed by atoms with Gasteiger partial charge in [-0.05, 0) is 188 Å². The van der Waals surface area contributed by atoms with Gasteiger partial charge in [0.05, 0.1) is 0 Å². The third-order valence-corrected chi connectivity index (χ3v) is 16.7. The Morgan fingerprint density at radius 3 is 0.892 bits per heavy atom. The standard InChI is InChI=1S/C74H66/c1-7-53-19-27-59(28-20-53)47-73(48-60-29-21-54(8-2)22-30-60)69-17-13-11-15-65(69)67-41-37-57(45-71(67)73)35-39-63-43-52(6)64(44-51(63)5)40-36-58-38-42-68-66-16-12-14-18-70(66)74(72(68)46-58,49-61-31-23-55(9-3)24-32-61)50-62-33-25-56(10-4)26-34-62/h7-34,37-38,41-46H,1-4,35-36,39-40,47-50H2,5-6H3. The zero-order chi connectivity index (χ0) is 50.8. The lowest BCUT2D eigenvalue weighted by molar-refractivity contribution is 0.519. The van der Waals surface area contributed by atoms with Crippen LogP contribution in [0, 0.1) is 13.8 Å². The molecule has 0 fully saturated rings. The molecule has 0 amide bonds. The quantitative estimate of drug-likeness (QED) is 0.0804. The maximum absolute atomic E-state index is 4.03. The SMILES string of the molecule is C=Cc1ccc(CC2(Cc3ccc(C=C)cc3)c3ccccc3-c3ccc(CCc4cc(C)c(CCc5ccc6c(c5)C(Cc5ccc(C=C)cc5)(Cc5ccc(C=C)cc5)c5ccccc5-6)cc4C)cc32)cc1. The van der Waals surface area contributed by atoms with Gasteiger partial charge in [-0.3, -0.25) is 0 Å². The van der Waals surface area contributed by atoms with Gasteiger partial charge in [0, 0.05) is 10.8 Å². The summed E-state index contributed by atoms with van der Waals surface area (Å²) in [5.74, 6) is 0. The van der Waals surface area contributed by atoms with Gasteiger partial charge in [-0.2, -0.15) is 0 Å². The first kappa shape index (κ1) is 48.2. The smallest absolute Gasteiger partial charge is 0.0295 e. The van der Waals surface area contributed by atoms with Crippen molar-refractivity contribution in [1.82, 2.24) is 0 Å². The number of hydrogen-bond donors (Lipinski definition) is 0. The summed E-state index contributed by atoms with van der Waals surface area (Å²) < 4.78 is 0. The van der Waals surface area contributed by atoms with E-state index in [4.69, 9.17) is 0 Å². The van der Waals surface area contributed by atoms with E-state index in [0.717, 1.165) is 73.6 Å². The monoisotopic (exact) mass is 955 g/mol. The Hall–Kier alpha value is -8.06. The van der Waals surface area contributed by atoms with Crippen LogP contribution in [-0.4, -0.2) is 0 Å². The number of benzene rings is 9. The maximum atomic E-state index is 4.03. The van der Waals surface area contributed by atoms with Crippen molar-refractivity contribution < 1.29 is 0 Å². The molecule has 0 unspecified atom stereocenters. The van der Waals surface area contributed by atoms with Gasteiger partial charge in [-0.15, -0.1) is 0 Å². The lowest BCUT2D eigenvalue weighted by Crippen LogP contribution is -2.31. The van der Waals surface area contributed by atoms with Gasteiger partial charge in [-0.25, -0.2) is 0 Å². The van der Waals surface area contributed by atoms with Crippen molar-refractivity contribution in [3.05, 3.63) is 321 Å². The topological polar surface area (TPSA) is 0 Å². The van der Waals surface area contributed by atoms with E-state index >= 15 is 0 Å². The predicted molar refractivity (Wildman–Crippen MR) is 317 cm³/mol. The molecule has 0 nitrogen and oxygen atoms in total. The lowest BCUT2D eigenvalue weighted by Gasteiger charge is -2.33. The van der Waals surface area contributed by atoms with Crippen molar-refractivity contribution >= 4 is 24.3 Å². The van der Waals surface area contributed by atoms with E-state index in [9.17, 15) is 0 Å². The Kier molecular flexibility index (Phi) is 13.3. The molecule has 0 bridgehead atoms. The van der Waals surface area contributed by atoms with E-state index < -0.39 is 0 Å². The molecule has 0 heteroatoms. The number of aryl methyl sites for hydroxylation is 6. The van der Waals surface area contributed by atoms with Gasteiger partial charge in [0.15, 0.2) is 0 Å². The molecule has 11 rings (SSSR count). The fourth-order valence-corrected chi connectivity index (χ4v) is 12.7. The van der Waals surface area contributed by atoms with Gasteiger partial charge in [-0.1, -0.05) is 245 Å². The van der Waals surface area contributed by atoms with E-state index in [1.807, 2.05) is 24.3 Å². The highest BCUT2D eigenvalue weighted by Crippen LogP contribution is 2.54. The fraction of sp³-hybridized carbons (Fsp3) is 0.162. The van der Waals surface area contributed by atoms with Crippen molar-refractivity contribution in [2.75, 3.05) is 0 Å². The van der Waals surface area contributed by atoms with E-state index in [-0.39, 0.29) is 10.8 Å². The Balaban J connectivity index is 0.864. The molecule has 0 saturated heterocycles. The fourth-order valence-electron chi connectivity index (χ4n) is 12.7. The number of rotatable bonds is 18. The van der Waals surface area contributed by atoms with Crippen LogP contribution >= 0.6 is 0 Å². The molecular weight excluding hydrogens is 889 g/mol. The number of fused-ring (bicyclic) bond motifs is 6. The molecule has 0 aromatic heterocycles. The zero-order valence-electron chi connectivity index (χ0n) is 43.3. The average Bonchev–Trinajstić information content (AvgIpc) is 3.86. The normalized spacial score (nSPS) is 13.3. The molecule has 0 spiro atoms. The highest BCUT2D eigenvalue weighted by atomic mass is 14.5. The average molecular weight is 955 g/mol. The molecule has 0 heterocycles. The van der Waals surface area contributed by atoms with Crippen LogP contribution in [0.4, 0.5) is 0 Å². The summed E-state index contributed by atoms with van der Waals surface area (Å²) in [7, 11) is 0. The van der Waals surface area contributed by atoms with Gasteiger partial charge in [0.1, 0.15) is 0 Å². The van der Waals surface area contributed by atoms with Crippen LogP contribution in [0.15, 0.2) is 220 Å². The second-order valence-corrected chi connectivity index (χ2v) is 21.2. The first-order valence-electron chi connectivity index (χ1n) is 26.6. The highest BCUT2D eigenvalue weighted by molar-refractivity contribution is 5.83. The molecule has 0 N–H and O–H groups in total. The molecule has 0 saturated carbocycles. The van der Waals surface area contributed by atoms with Crippen LogP contribution in [0.1, 0.15) is 100 Å². The molecule has 2 aliphatic carbocycles. The largest absolute Gasteiger partial charge is 0.0985 e. The second kappa shape index (κ2) is 20.5. The first-order chi connectivity index (χ1) is 36.2. The lowest BCUT2D eigenvalue weighted by atomic mass is 9.69. The Morgan fingerprint density at radius 2 is 0.581 bits per heavy atom. The van der Waals surface area contributed by atoms with E-state index in [1.54, 1.807) is 0 Å². The van der Waals surface area contributed by atoms with Gasteiger partial charge < -0.3 is 0 Å². The Labute approximate surface area is 440 Å². The van der Waals surface area contributed by atoms with Gasteiger partial charge >= 0.3 is 0 Å². The van der Waals surface area contributed by atoms with Crippen LogP contribution in [0.2, 0.25) is 0 Å². The Bertz CT molecular complexity index is 3210. The molecule has 2 aliphatic rings. The highest BCUT2D eigenvalue weighted by Gasteiger charge is 2.45. The molecule has 74 heavy (non-hydrogen) atoms. The van der Waals surface area contributed by atoms with Crippen LogP contribution in [0.5, 0.6) is 0 Å². The summed E-state index contributed by atoms with van der Waals surface area (Å²) in [6, 6.07) is 74.0.